The maximum absolute atomic E-state index is 12.5. The average molecular weight is 496 g/mol. The van der Waals surface area contributed by atoms with Crippen LogP contribution in [0.15, 0.2) is 64.2 Å². The number of carbonyl (C=O) groups is 1. The van der Waals surface area contributed by atoms with E-state index in [4.69, 9.17) is 4.84 Å². The molecule has 0 fully saturated rings. The Morgan fingerprint density at radius 3 is 2.56 bits per heavy atom. The number of hydrogen-bond donors (Lipinski definition) is 0. The normalized spacial score (nSPS) is 15.9. The number of halogens is 1. The SMILES string of the molecule is Cc1cc2c(n1-c1ccc(Br)cc1)CC(C)(C)C/C2=N\OC(=O)c1cccc([N+](=O)[O-])c1. The summed E-state index contributed by atoms with van der Waals surface area (Å²) in [6.07, 6.45) is 1.50. The van der Waals surface area contributed by atoms with Gasteiger partial charge in [0.15, 0.2) is 0 Å². The highest BCUT2D eigenvalue weighted by Gasteiger charge is 2.34. The van der Waals surface area contributed by atoms with E-state index < -0.39 is 10.9 Å². The number of non-ortho nitro benzene ring substituents is 1. The number of fused-ring (bicyclic) bond motifs is 1. The van der Waals surface area contributed by atoms with E-state index in [-0.39, 0.29) is 16.7 Å². The Labute approximate surface area is 194 Å². The summed E-state index contributed by atoms with van der Waals surface area (Å²) in [5, 5.41) is 15.2. The minimum atomic E-state index is -0.727. The van der Waals surface area contributed by atoms with Gasteiger partial charge >= 0.3 is 5.97 Å². The molecule has 3 aromatic rings. The first kappa shape index (κ1) is 22.0. The largest absolute Gasteiger partial charge is 0.365 e. The van der Waals surface area contributed by atoms with Gasteiger partial charge in [0.25, 0.3) is 5.69 Å². The van der Waals surface area contributed by atoms with Gasteiger partial charge in [-0.15, -0.1) is 0 Å². The minimum Gasteiger partial charge on any atom is -0.318 e. The first-order chi connectivity index (χ1) is 15.1. The highest BCUT2D eigenvalue weighted by molar-refractivity contribution is 9.10. The Morgan fingerprint density at radius 1 is 1.16 bits per heavy atom. The van der Waals surface area contributed by atoms with E-state index in [9.17, 15) is 14.9 Å². The lowest BCUT2D eigenvalue weighted by atomic mass is 9.76. The van der Waals surface area contributed by atoms with E-state index in [0.717, 1.165) is 33.5 Å². The molecule has 0 amide bonds. The third-order valence-corrected chi connectivity index (χ3v) is 6.03. The highest BCUT2D eigenvalue weighted by Crippen LogP contribution is 2.38. The summed E-state index contributed by atoms with van der Waals surface area (Å²) in [6.45, 7) is 6.35. The van der Waals surface area contributed by atoms with Crippen LogP contribution in [0.5, 0.6) is 0 Å². The van der Waals surface area contributed by atoms with Crippen molar-refractivity contribution >= 4 is 33.3 Å². The van der Waals surface area contributed by atoms with Gasteiger partial charge in [-0.25, -0.2) is 4.79 Å². The lowest BCUT2D eigenvalue weighted by Crippen LogP contribution is -2.28. The number of oxime groups is 1. The number of carbonyl (C=O) groups excluding carboxylic acids is 1. The van der Waals surface area contributed by atoms with E-state index in [0.29, 0.717) is 12.1 Å². The van der Waals surface area contributed by atoms with Crippen LogP contribution in [0.3, 0.4) is 0 Å². The molecule has 0 aliphatic heterocycles. The molecule has 7 nitrogen and oxygen atoms in total. The zero-order valence-electron chi connectivity index (χ0n) is 18.0. The van der Waals surface area contributed by atoms with Crippen LogP contribution in [0.25, 0.3) is 5.69 Å². The second-order valence-corrected chi connectivity index (χ2v) is 9.62. The molecule has 1 aliphatic rings. The molecule has 1 heterocycles. The van der Waals surface area contributed by atoms with Crippen LogP contribution < -0.4 is 0 Å². The van der Waals surface area contributed by atoms with Crippen LogP contribution in [0.2, 0.25) is 0 Å². The fraction of sp³-hybridized carbons (Fsp3) is 0.250. The molecule has 0 atom stereocenters. The molecule has 0 saturated heterocycles. The van der Waals surface area contributed by atoms with Gasteiger partial charge in [-0.1, -0.05) is 41.0 Å². The van der Waals surface area contributed by atoms with Crippen molar-refractivity contribution in [3.63, 3.8) is 0 Å². The highest BCUT2D eigenvalue weighted by atomic mass is 79.9. The molecule has 0 unspecified atom stereocenters. The third-order valence-electron chi connectivity index (χ3n) is 5.51. The fourth-order valence-corrected chi connectivity index (χ4v) is 4.37. The predicted molar refractivity (Wildman–Crippen MR) is 125 cm³/mol. The van der Waals surface area contributed by atoms with E-state index >= 15 is 0 Å². The van der Waals surface area contributed by atoms with Crippen molar-refractivity contribution in [3.8, 4) is 5.69 Å². The molecule has 0 saturated carbocycles. The molecule has 2 aromatic carbocycles. The zero-order chi connectivity index (χ0) is 23.0. The van der Waals surface area contributed by atoms with Crippen molar-refractivity contribution in [1.82, 2.24) is 4.57 Å². The Bertz CT molecular complexity index is 1240. The number of aromatic nitrogens is 1. The number of nitro groups is 1. The van der Waals surface area contributed by atoms with Crippen LogP contribution in [0.1, 0.15) is 47.6 Å². The predicted octanol–water partition coefficient (Wildman–Crippen LogP) is 5.99. The number of benzene rings is 2. The smallest absolute Gasteiger partial charge is 0.318 e. The summed E-state index contributed by atoms with van der Waals surface area (Å²) in [5.41, 5.74) is 4.71. The number of rotatable bonds is 4. The molecule has 0 radical (unpaired) electrons. The standard InChI is InChI=1S/C24H22BrN3O4/c1-15-11-20-21(26-32-23(29)16-5-4-6-19(12-16)28(30)31)13-24(2,3)14-22(20)27(15)18-9-7-17(25)8-10-18/h4-12H,13-14H2,1-3H3/b26-21+. The number of nitro benzene ring substituents is 1. The zero-order valence-corrected chi connectivity index (χ0v) is 19.5. The van der Waals surface area contributed by atoms with Gasteiger partial charge in [-0.05, 0) is 61.6 Å². The van der Waals surface area contributed by atoms with Gasteiger partial charge < -0.3 is 9.40 Å². The summed E-state index contributed by atoms with van der Waals surface area (Å²) >= 11 is 3.48. The maximum Gasteiger partial charge on any atom is 0.365 e. The molecule has 32 heavy (non-hydrogen) atoms. The number of hydrogen-bond acceptors (Lipinski definition) is 5. The van der Waals surface area contributed by atoms with Gasteiger partial charge in [0.1, 0.15) is 0 Å². The van der Waals surface area contributed by atoms with Crippen LogP contribution in [-0.4, -0.2) is 21.2 Å². The summed E-state index contributed by atoms with van der Waals surface area (Å²) in [6, 6.07) is 15.6. The van der Waals surface area contributed by atoms with Crippen LogP contribution in [0.4, 0.5) is 5.69 Å². The molecular formula is C24H22BrN3O4. The van der Waals surface area contributed by atoms with Gasteiger partial charge in [-0.2, -0.15) is 0 Å². The van der Waals surface area contributed by atoms with Gasteiger partial charge in [-0.3, -0.25) is 10.1 Å². The van der Waals surface area contributed by atoms with Crippen molar-refractivity contribution < 1.29 is 14.6 Å². The molecule has 164 valence electrons. The van der Waals surface area contributed by atoms with Crippen molar-refractivity contribution in [2.75, 3.05) is 0 Å². The Morgan fingerprint density at radius 2 is 1.88 bits per heavy atom. The monoisotopic (exact) mass is 495 g/mol. The van der Waals surface area contributed by atoms with E-state index in [1.54, 1.807) is 0 Å². The van der Waals surface area contributed by atoms with E-state index in [1.807, 2.05) is 19.1 Å². The first-order valence-corrected chi connectivity index (χ1v) is 10.9. The van der Waals surface area contributed by atoms with Crippen LogP contribution >= 0.6 is 15.9 Å². The Hall–Kier alpha value is -3.26. The van der Waals surface area contributed by atoms with E-state index in [2.05, 4.69) is 57.7 Å². The quantitative estimate of drug-likeness (QED) is 0.252. The molecule has 0 spiro atoms. The molecule has 0 bridgehead atoms. The van der Waals surface area contributed by atoms with Crippen LogP contribution in [0, 0.1) is 22.5 Å². The van der Waals surface area contributed by atoms with Crippen molar-refractivity contribution in [2.24, 2.45) is 10.6 Å². The second kappa shape index (κ2) is 8.35. The first-order valence-electron chi connectivity index (χ1n) is 10.1. The van der Waals surface area contributed by atoms with E-state index in [1.165, 1.54) is 24.3 Å². The van der Waals surface area contributed by atoms with Crippen molar-refractivity contribution in [1.29, 1.82) is 0 Å². The van der Waals surface area contributed by atoms with Gasteiger partial charge in [0, 0.05) is 39.2 Å². The van der Waals surface area contributed by atoms with Crippen molar-refractivity contribution in [2.45, 2.75) is 33.6 Å². The Kier molecular flexibility index (Phi) is 5.73. The molecule has 0 N–H and O–H groups in total. The summed E-state index contributed by atoms with van der Waals surface area (Å²) in [5.74, 6) is -0.727. The van der Waals surface area contributed by atoms with Gasteiger partial charge in [0.05, 0.1) is 16.2 Å². The summed E-state index contributed by atoms with van der Waals surface area (Å²) in [7, 11) is 0. The lowest BCUT2D eigenvalue weighted by Gasteiger charge is -2.31. The second-order valence-electron chi connectivity index (χ2n) is 8.70. The number of aryl methyl sites for hydroxylation is 1. The summed E-state index contributed by atoms with van der Waals surface area (Å²) < 4.78 is 3.22. The Balaban J connectivity index is 1.69. The number of nitrogens with zero attached hydrogens (tertiary/aromatic N) is 3. The maximum atomic E-state index is 12.5. The fourth-order valence-electron chi connectivity index (χ4n) is 4.11. The van der Waals surface area contributed by atoms with Crippen molar-refractivity contribution in [3.05, 3.63) is 91.7 Å². The van der Waals surface area contributed by atoms with Crippen LogP contribution in [-0.2, 0) is 11.3 Å². The minimum absolute atomic E-state index is 0.0817. The molecular weight excluding hydrogens is 474 g/mol. The molecule has 4 rings (SSSR count). The molecule has 8 heteroatoms. The summed E-state index contributed by atoms with van der Waals surface area (Å²) in [4.78, 5) is 28.2. The topological polar surface area (TPSA) is 86.7 Å². The average Bonchev–Trinajstić information content (AvgIpc) is 3.07. The lowest BCUT2D eigenvalue weighted by molar-refractivity contribution is -0.384. The third kappa shape index (κ3) is 4.36. The molecule has 1 aromatic heterocycles. The van der Waals surface area contributed by atoms with Gasteiger partial charge in [0.2, 0.25) is 0 Å². The molecule has 1 aliphatic carbocycles.